The van der Waals surface area contributed by atoms with E-state index in [1.54, 1.807) is 13.0 Å². The third-order valence-corrected chi connectivity index (χ3v) is 3.80. The fourth-order valence-corrected chi connectivity index (χ4v) is 2.68. The van der Waals surface area contributed by atoms with Gasteiger partial charge in [0.15, 0.2) is 0 Å². The van der Waals surface area contributed by atoms with Gasteiger partial charge in [-0.25, -0.2) is 17.9 Å². The average molecular weight is 296 g/mol. The Morgan fingerprint density at radius 2 is 2.05 bits per heavy atom. The summed E-state index contributed by atoms with van der Waals surface area (Å²) in [6, 6.07) is 5.54. The number of methoxy groups -OCH3 is 1. The van der Waals surface area contributed by atoms with Crippen LogP contribution in [0.5, 0.6) is 0 Å². The summed E-state index contributed by atoms with van der Waals surface area (Å²) in [6.45, 7) is 1.66. The van der Waals surface area contributed by atoms with Gasteiger partial charge in [-0.3, -0.25) is 0 Å². The summed E-state index contributed by atoms with van der Waals surface area (Å²) in [5.74, 6) is -0.741. The number of esters is 1. The van der Waals surface area contributed by atoms with Gasteiger partial charge < -0.3 is 9.15 Å². The molecule has 1 aromatic heterocycles. The van der Waals surface area contributed by atoms with Crippen molar-refractivity contribution in [3.05, 3.63) is 41.8 Å². The van der Waals surface area contributed by atoms with Crippen LogP contribution in [0.4, 0.5) is 6.01 Å². The maximum absolute atomic E-state index is 12.2. The van der Waals surface area contributed by atoms with Crippen molar-refractivity contribution in [3.63, 3.8) is 0 Å². The molecule has 7 nitrogen and oxygen atoms in total. The number of carbonyl (C=O) groups excluding carboxylic acids is 1. The van der Waals surface area contributed by atoms with Gasteiger partial charge in [-0.2, -0.15) is 4.98 Å². The summed E-state index contributed by atoms with van der Waals surface area (Å²) in [4.78, 5) is 15.2. The summed E-state index contributed by atoms with van der Waals surface area (Å²) in [5, 5.41) is 0. The number of rotatable bonds is 4. The Hall–Kier alpha value is -2.35. The monoisotopic (exact) mass is 296 g/mol. The van der Waals surface area contributed by atoms with E-state index in [2.05, 4.69) is 14.4 Å². The minimum absolute atomic E-state index is 0.0641. The van der Waals surface area contributed by atoms with Crippen LogP contribution in [0.15, 0.2) is 39.8 Å². The van der Waals surface area contributed by atoms with Gasteiger partial charge in [-0.15, -0.1) is 0 Å². The molecule has 106 valence electrons. The molecule has 0 fully saturated rings. The van der Waals surface area contributed by atoms with E-state index in [-0.39, 0.29) is 16.5 Å². The highest BCUT2D eigenvalue weighted by atomic mass is 32.2. The molecular weight excluding hydrogens is 284 g/mol. The molecule has 0 saturated heterocycles. The smallest absolute Gasteiger partial charge is 0.339 e. The van der Waals surface area contributed by atoms with Crippen molar-refractivity contribution in [1.82, 2.24) is 4.98 Å². The maximum atomic E-state index is 12.2. The predicted octanol–water partition coefficient (Wildman–Crippen LogP) is 1.57. The second kappa shape index (κ2) is 5.33. The van der Waals surface area contributed by atoms with E-state index in [1.807, 2.05) is 0 Å². The Morgan fingerprint density at radius 3 is 2.65 bits per heavy atom. The summed E-state index contributed by atoms with van der Waals surface area (Å²) in [5.41, 5.74) is 0.467. The first kappa shape index (κ1) is 14.1. The number of nitrogens with one attached hydrogen (secondary N) is 1. The number of ether oxygens (including phenoxy) is 1. The van der Waals surface area contributed by atoms with E-state index in [0.717, 1.165) is 0 Å². The van der Waals surface area contributed by atoms with Crippen LogP contribution in [0.2, 0.25) is 0 Å². The molecule has 20 heavy (non-hydrogen) atoms. The molecule has 0 atom stereocenters. The molecule has 0 aliphatic heterocycles. The maximum Gasteiger partial charge on any atom is 0.339 e. The molecule has 1 aromatic carbocycles. The van der Waals surface area contributed by atoms with Crippen molar-refractivity contribution in [2.45, 2.75) is 11.8 Å². The van der Waals surface area contributed by atoms with Gasteiger partial charge >= 0.3 is 12.0 Å². The van der Waals surface area contributed by atoms with E-state index >= 15 is 0 Å². The Labute approximate surface area is 115 Å². The van der Waals surface area contributed by atoms with E-state index in [1.165, 1.54) is 31.6 Å². The average Bonchev–Trinajstić information content (AvgIpc) is 2.82. The van der Waals surface area contributed by atoms with Gasteiger partial charge in [0.25, 0.3) is 10.0 Å². The molecule has 0 radical (unpaired) electrons. The quantitative estimate of drug-likeness (QED) is 0.860. The predicted molar refractivity (Wildman–Crippen MR) is 69.8 cm³/mol. The van der Waals surface area contributed by atoms with Crippen molar-refractivity contribution >= 4 is 22.0 Å². The Kier molecular flexibility index (Phi) is 3.75. The molecule has 0 aliphatic carbocycles. The van der Waals surface area contributed by atoms with E-state index < -0.39 is 16.0 Å². The molecular formula is C12H12N2O5S. The van der Waals surface area contributed by atoms with Crippen molar-refractivity contribution < 1.29 is 22.4 Å². The number of benzene rings is 1. The van der Waals surface area contributed by atoms with Crippen LogP contribution in [0.25, 0.3) is 0 Å². The standard InChI is InChI=1S/C12H12N2O5S/c1-8-7-19-12(13-8)14-20(16,17)10-6-4-3-5-9(10)11(15)18-2/h3-7H,1-2H3,(H,13,14). The molecule has 0 unspecified atom stereocenters. The number of oxazole rings is 1. The summed E-state index contributed by atoms with van der Waals surface area (Å²) >= 11 is 0. The largest absolute Gasteiger partial charge is 0.465 e. The number of aryl methyl sites for hydroxylation is 1. The zero-order chi connectivity index (χ0) is 14.8. The number of aromatic nitrogens is 1. The zero-order valence-electron chi connectivity index (χ0n) is 10.8. The number of carbonyl (C=O) groups is 1. The van der Waals surface area contributed by atoms with Crippen LogP contribution >= 0.6 is 0 Å². The molecule has 0 spiro atoms. The van der Waals surface area contributed by atoms with Crippen LogP contribution in [0.3, 0.4) is 0 Å². The molecule has 1 heterocycles. The van der Waals surface area contributed by atoms with Crippen LogP contribution in [0, 0.1) is 6.92 Å². The van der Waals surface area contributed by atoms with Crippen molar-refractivity contribution in [1.29, 1.82) is 0 Å². The number of hydrogen-bond donors (Lipinski definition) is 1. The van der Waals surface area contributed by atoms with Crippen LogP contribution in [0.1, 0.15) is 16.1 Å². The van der Waals surface area contributed by atoms with Gasteiger partial charge in [0.05, 0.1) is 18.4 Å². The molecule has 0 amide bonds. The van der Waals surface area contributed by atoms with Gasteiger partial charge in [0, 0.05) is 0 Å². The lowest BCUT2D eigenvalue weighted by atomic mass is 10.2. The first-order valence-corrected chi connectivity index (χ1v) is 7.04. The minimum atomic E-state index is -3.99. The zero-order valence-corrected chi connectivity index (χ0v) is 11.6. The van der Waals surface area contributed by atoms with Gasteiger partial charge in [0.1, 0.15) is 11.2 Å². The van der Waals surface area contributed by atoms with E-state index in [9.17, 15) is 13.2 Å². The lowest BCUT2D eigenvalue weighted by Crippen LogP contribution is -2.17. The Balaban J connectivity index is 2.42. The molecule has 2 rings (SSSR count). The highest BCUT2D eigenvalue weighted by molar-refractivity contribution is 7.92. The van der Waals surface area contributed by atoms with Crippen molar-refractivity contribution in [2.24, 2.45) is 0 Å². The van der Waals surface area contributed by atoms with Gasteiger partial charge in [0.2, 0.25) is 0 Å². The minimum Gasteiger partial charge on any atom is -0.465 e. The first-order chi connectivity index (χ1) is 9.44. The summed E-state index contributed by atoms with van der Waals surface area (Å²) < 4.78 is 36.1. The number of hydrogen-bond acceptors (Lipinski definition) is 6. The molecule has 0 bridgehead atoms. The second-order valence-electron chi connectivity index (χ2n) is 3.89. The van der Waals surface area contributed by atoms with E-state index in [4.69, 9.17) is 4.42 Å². The Bertz CT molecular complexity index is 736. The lowest BCUT2D eigenvalue weighted by Gasteiger charge is -2.08. The number of nitrogens with zero attached hydrogens (tertiary/aromatic N) is 1. The number of sulfonamides is 1. The fourth-order valence-electron chi connectivity index (χ4n) is 1.55. The molecule has 2 aromatic rings. The highest BCUT2D eigenvalue weighted by Gasteiger charge is 2.24. The van der Waals surface area contributed by atoms with Gasteiger partial charge in [-0.1, -0.05) is 12.1 Å². The topological polar surface area (TPSA) is 98.5 Å². The van der Waals surface area contributed by atoms with Crippen LogP contribution < -0.4 is 4.72 Å². The molecule has 1 N–H and O–H groups in total. The summed E-state index contributed by atoms with van der Waals surface area (Å²) in [6.07, 6.45) is 1.31. The third kappa shape index (κ3) is 2.80. The van der Waals surface area contributed by atoms with Crippen LogP contribution in [-0.4, -0.2) is 26.5 Å². The van der Waals surface area contributed by atoms with Crippen LogP contribution in [-0.2, 0) is 14.8 Å². The summed E-state index contributed by atoms with van der Waals surface area (Å²) in [7, 11) is -2.82. The lowest BCUT2D eigenvalue weighted by molar-refractivity contribution is 0.0596. The second-order valence-corrected chi connectivity index (χ2v) is 5.54. The van der Waals surface area contributed by atoms with Crippen molar-refractivity contribution in [3.8, 4) is 0 Å². The highest BCUT2D eigenvalue weighted by Crippen LogP contribution is 2.20. The SMILES string of the molecule is COC(=O)c1ccccc1S(=O)(=O)Nc1nc(C)co1. The van der Waals surface area contributed by atoms with Crippen molar-refractivity contribution in [2.75, 3.05) is 11.8 Å². The molecule has 0 saturated carbocycles. The molecule has 0 aliphatic rings. The fraction of sp³-hybridized carbons (Fsp3) is 0.167. The first-order valence-electron chi connectivity index (χ1n) is 5.56. The third-order valence-electron chi connectivity index (χ3n) is 2.42. The molecule has 8 heteroatoms. The van der Waals surface area contributed by atoms with Gasteiger partial charge in [-0.05, 0) is 19.1 Å². The van der Waals surface area contributed by atoms with E-state index in [0.29, 0.717) is 5.69 Å². The number of anilines is 1. The normalized spacial score (nSPS) is 11.1. The Morgan fingerprint density at radius 1 is 1.35 bits per heavy atom.